The summed E-state index contributed by atoms with van der Waals surface area (Å²) in [6.07, 6.45) is 2.85. The summed E-state index contributed by atoms with van der Waals surface area (Å²) in [5, 5.41) is 3.50. The Bertz CT molecular complexity index is 135. The zero-order valence-corrected chi connectivity index (χ0v) is 8.75. The van der Waals surface area contributed by atoms with Gasteiger partial charge in [-0.05, 0) is 38.8 Å². The summed E-state index contributed by atoms with van der Waals surface area (Å²) in [6, 6.07) is 0.672. The van der Waals surface area contributed by atoms with Gasteiger partial charge in [0.05, 0.1) is 6.10 Å². The van der Waals surface area contributed by atoms with Crippen molar-refractivity contribution in [1.82, 2.24) is 5.32 Å². The van der Waals surface area contributed by atoms with Crippen molar-refractivity contribution in [2.75, 3.05) is 19.7 Å². The van der Waals surface area contributed by atoms with Gasteiger partial charge in [-0.1, -0.05) is 6.92 Å². The van der Waals surface area contributed by atoms with E-state index in [1.54, 1.807) is 0 Å². The van der Waals surface area contributed by atoms with Gasteiger partial charge in [0.2, 0.25) is 0 Å². The molecule has 3 heteroatoms. The quantitative estimate of drug-likeness (QED) is 0.643. The minimum Gasteiger partial charge on any atom is -0.378 e. The van der Waals surface area contributed by atoms with Gasteiger partial charge in [0.15, 0.2) is 0 Å². The molecule has 1 unspecified atom stereocenters. The second kappa shape index (κ2) is 5.58. The molecule has 1 aliphatic rings. The van der Waals surface area contributed by atoms with Crippen molar-refractivity contribution in [2.45, 2.75) is 38.8 Å². The summed E-state index contributed by atoms with van der Waals surface area (Å²) in [4.78, 5) is 0. The van der Waals surface area contributed by atoms with E-state index in [2.05, 4.69) is 19.2 Å². The number of hydrogen-bond acceptors (Lipinski definition) is 3. The predicted octanol–water partition coefficient (Wildman–Crippen LogP) is 0.738. The number of rotatable bonds is 6. The van der Waals surface area contributed by atoms with Crippen LogP contribution in [0.2, 0.25) is 0 Å². The second-order valence-corrected chi connectivity index (χ2v) is 3.99. The van der Waals surface area contributed by atoms with Crippen LogP contribution in [0.4, 0.5) is 0 Å². The maximum Gasteiger partial charge on any atom is 0.0604 e. The normalized spacial score (nSPS) is 29.8. The van der Waals surface area contributed by atoms with Crippen molar-refractivity contribution >= 4 is 0 Å². The van der Waals surface area contributed by atoms with Crippen molar-refractivity contribution in [2.24, 2.45) is 11.7 Å². The van der Waals surface area contributed by atoms with E-state index in [9.17, 15) is 0 Å². The van der Waals surface area contributed by atoms with Gasteiger partial charge in [0, 0.05) is 12.6 Å². The monoisotopic (exact) mass is 186 g/mol. The largest absolute Gasteiger partial charge is 0.378 e. The van der Waals surface area contributed by atoms with Crippen LogP contribution < -0.4 is 11.1 Å². The summed E-state index contributed by atoms with van der Waals surface area (Å²) >= 11 is 0. The summed E-state index contributed by atoms with van der Waals surface area (Å²) in [6.45, 7) is 6.88. The fourth-order valence-electron chi connectivity index (χ4n) is 1.56. The van der Waals surface area contributed by atoms with E-state index in [-0.39, 0.29) is 0 Å². The van der Waals surface area contributed by atoms with Crippen molar-refractivity contribution in [1.29, 1.82) is 0 Å². The fourth-order valence-corrected chi connectivity index (χ4v) is 1.56. The van der Waals surface area contributed by atoms with Crippen LogP contribution in [0.25, 0.3) is 0 Å². The first-order chi connectivity index (χ1) is 6.26. The van der Waals surface area contributed by atoms with E-state index >= 15 is 0 Å². The standard InChI is InChI=1S/C10H22N2O/c1-3-13-10-4-9(5-10)12-7-8(2)6-11/h8-10,12H,3-7,11H2,1-2H3. The molecule has 0 aromatic carbocycles. The van der Waals surface area contributed by atoms with Crippen LogP contribution in [-0.4, -0.2) is 31.8 Å². The Kier molecular flexibility index (Phi) is 4.70. The van der Waals surface area contributed by atoms with Crippen LogP contribution in [0.3, 0.4) is 0 Å². The minimum atomic E-state index is 0.510. The molecule has 0 radical (unpaired) electrons. The minimum absolute atomic E-state index is 0.510. The molecule has 0 heterocycles. The predicted molar refractivity (Wildman–Crippen MR) is 54.7 cm³/mol. The first kappa shape index (κ1) is 11.0. The number of nitrogens with two attached hydrogens (primary N) is 1. The van der Waals surface area contributed by atoms with E-state index in [1.165, 1.54) is 12.8 Å². The molecule has 1 fully saturated rings. The Morgan fingerprint density at radius 3 is 2.77 bits per heavy atom. The van der Waals surface area contributed by atoms with E-state index in [0.717, 1.165) is 19.7 Å². The highest BCUT2D eigenvalue weighted by Gasteiger charge is 2.28. The van der Waals surface area contributed by atoms with Crippen molar-refractivity contribution in [3.63, 3.8) is 0 Å². The summed E-state index contributed by atoms with van der Waals surface area (Å²) in [7, 11) is 0. The molecule has 0 amide bonds. The molecule has 78 valence electrons. The topological polar surface area (TPSA) is 47.3 Å². The maximum absolute atomic E-state index is 5.53. The maximum atomic E-state index is 5.53. The van der Waals surface area contributed by atoms with Gasteiger partial charge in [0.25, 0.3) is 0 Å². The molecule has 0 bridgehead atoms. The smallest absolute Gasteiger partial charge is 0.0604 e. The molecular formula is C10H22N2O. The van der Waals surface area contributed by atoms with E-state index in [0.29, 0.717) is 18.1 Å². The zero-order chi connectivity index (χ0) is 9.68. The Balaban J connectivity index is 1.95. The lowest BCUT2D eigenvalue weighted by Crippen LogP contribution is -2.47. The van der Waals surface area contributed by atoms with Crippen LogP contribution in [0.5, 0.6) is 0 Å². The lowest BCUT2D eigenvalue weighted by molar-refractivity contribution is -0.0103. The van der Waals surface area contributed by atoms with Crippen LogP contribution >= 0.6 is 0 Å². The van der Waals surface area contributed by atoms with Crippen LogP contribution in [0.15, 0.2) is 0 Å². The van der Waals surface area contributed by atoms with Gasteiger partial charge in [-0.3, -0.25) is 0 Å². The molecule has 1 aliphatic carbocycles. The first-order valence-electron chi connectivity index (χ1n) is 5.31. The van der Waals surface area contributed by atoms with E-state index < -0.39 is 0 Å². The van der Waals surface area contributed by atoms with Gasteiger partial charge < -0.3 is 15.8 Å². The molecule has 0 aromatic heterocycles. The van der Waals surface area contributed by atoms with Crippen LogP contribution in [0.1, 0.15) is 26.7 Å². The summed E-state index contributed by atoms with van der Waals surface area (Å²) < 4.78 is 5.48. The highest BCUT2D eigenvalue weighted by Crippen LogP contribution is 2.23. The lowest BCUT2D eigenvalue weighted by atomic mass is 9.89. The fraction of sp³-hybridized carbons (Fsp3) is 1.00. The SMILES string of the molecule is CCOC1CC(NCC(C)CN)C1. The zero-order valence-electron chi connectivity index (χ0n) is 8.75. The molecule has 0 saturated heterocycles. The van der Waals surface area contributed by atoms with Crippen molar-refractivity contribution < 1.29 is 4.74 Å². The molecule has 3 N–H and O–H groups in total. The van der Waals surface area contributed by atoms with Gasteiger partial charge in [-0.25, -0.2) is 0 Å². The van der Waals surface area contributed by atoms with Crippen molar-refractivity contribution in [3.05, 3.63) is 0 Å². The second-order valence-electron chi connectivity index (χ2n) is 3.99. The van der Waals surface area contributed by atoms with E-state index in [1.807, 2.05) is 0 Å². The highest BCUT2D eigenvalue weighted by atomic mass is 16.5. The lowest BCUT2D eigenvalue weighted by Gasteiger charge is -2.36. The van der Waals surface area contributed by atoms with Crippen molar-refractivity contribution in [3.8, 4) is 0 Å². The Hall–Kier alpha value is -0.120. The molecule has 0 aromatic rings. The molecule has 1 rings (SSSR count). The molecule has 1 atom stereocenters. The molecular weight excluding hydrogens is 164 g/mol. The van der Waals surface area contributed by atoms with Gasteiger partial charge in [-0.2, -0.15) is 0 Å². The summed E-state index contributed by atoms with van der Waals surface area (Å²) in [5.41, 5.74) is 5.53. The average Bonchev–Trinajstić information content (AvgIpc) is 2.08. The number of hydrogen-bond donors (Lipinski definition) is 2. The third kappa shape index (κ3) is 3.63. The van der Waals surface area contributed by atoms with E-state index in [4.69, 9.17) is 10.5 Å². The Morgan fingerprint density at radius 2 is 2.23 bits per heavy atom. The van der Waals surface area contributed by atoms with Crippen LogP contribution in [-0.2, 0) is 4.74 Å². The number of nitrogens with one attached hydrogen (secondary N) is 1. The third-order valence-corrected chi connectivity index (χ3v) is 2.65. The molecule has 3 nitrogen and oxygen atoms in total. The highest BCUT2D eigenvalue weighted by molar-refractivity contribution is 4.86. The third-order valence-electron chi connectivity index (χ3n) is 2.65. The first-order valence-corrected chi connectivity index (χ1v) is 5.31. The Morgan fingerprint density at radius 1 is 1.54 bits per heavy atom. The van der Waals surface area contributed by atoms with Gasteiger partial charge in [-0.15, -0.1) is 0 Å². The molecule has 0 aliphatic heterocycles. The Labute approximate surface area is 81.0 Å². The average molecular weight is 186 g/mol. The van der Waals surface area contributed by atoms with Gasteiger partial charge in [0.1, 0.15) is 0 Å². The molecule has 13 heavy (non-hydrogen) atoms. The molecule has 1 saturated carbocycles. The summed E-state index contributed by atoms with van der Waals surface area (Å²) in [5.74, 6) is 0.589. The van der Waals surface area contributed by atoms with Gasteiger partial charge >= 0.3 is 0 Å². The molecule has 0 spiro atoms. The van der Waals surface area contributed by atoms with Crippen LogP contribution in [0, 0.1) is 5.92 Å². The number of ether oxygens (including phenoxy) is 1.